The number of rotatable bonds is 3. The molecule has 0 radical (unpaired) electrons. The van der Waals surface area contributed by atoms with Gasteiger partial charge in [-0.3, -0.25) is 10.2 Å². The van der Waals surface area contributed by atoms with E-state index in [0.717, 1.165) is 30.6 Å². The molecular formula is C27H27ClF3N5O4. The lowest BCUT2D eigenvalue weighted by molar-refractivity contribution is -0.144. The van der Waals surface area contributed by atoms with E-state index in [1.165, 1.54) is 25.3 Å². The fraction of sp³-hybridized carbons (Fsp3) is 0.444. The van der Waals surface area contributed by atoms with E-state index in [1.54, 1.807) is 4.90 Å². The zero-order valence-electron chi connectivity index (χ0n) is 21.5. The normalized spacial score (nSPS) is 22.4. The van der Waals surface area contributed by atoms with E-state index in [0.29, 0.717) is 29.2 Å². The minimum absolute atomic E-state index is 0.0484. The van der Waals surface area contributed by atoms with Crippen molar-refractivity contribution < 1.29 is 32.5 Å². The maximum absolute atomic E-state index is 13.7. The van der Waals surface area contributed by atoms with Crippen LogP contribution in [-0.4, -0.2) is 77.1 Å². The molecule has 212 valence electrons. The first-order chi connectivity index (χ1) is 19.0. The van der Waals surface area contributed by atoms with Crippen LogP contribution in [0.15, 0.2) is 36.4 Å². The SMILES string of the molecule is COC(=O)Nc1ccc2nc(C(F)(F)F)nc(N3CC(N4CCC5(CC4)Cc4cc(Cl)ccc4O5)[C@H](O)C3)c2c1. The van der Waals surface area contributed by atoms with Crippen LogP contribution >= 0.6 is 11.6 Å². The molecule has 2 atom stereocenters. The highest BCUT2D eigenvalue weighted by atomic mass is 35.5. The molecular weight excluding hydrogens is 551 g/mol. The lowest BCUT2D eigenvalue weighted by atomic mass is 9.86. The van der Waals surface area contributed by atoms with Crippen molar-refractivity contribution >= 4 is 40.1 Å². The van der Waals surface area contributed by atoms with Crippen LogP contribution in [0.4, 0.5) is 29.5 Å². The number of carbonyl (C=O) groups excluding carboxylic acids is 1. The number of halogens is 4. The van der Waals surface area contributed by atoms with E-state index in [1.807, 2.05) is 18.2 Å². The number of aliphatic hydroxyl groups excluding tert-OH is 1. The number of fused-ring (bicyclic) bond motifs is 2. The van der Waals surface area contributed by atoms with Crippen molar-refractivity contribution in [3.63, 3.8) is 0 Å². The summed E-state index contributed by atoms with van der Waals surface area (Å²) in [6, 6.07) is 9.68. The van der Waals surface area contributed by atoms with Crippen molar-refractivity contribution in [1.29, 1.82) is 0 Å². The monoisotopic (exact) mass is 577 g/mol. The predicted octanol–water partition coefficient (Wildman–Crippen LogP) is 4.50. The van der Waals surface area contributed by atoms with Crippen molar-refractivity contribution in [3.8, 4) is 5.75 Å². The number of ether oxygens (including phenoxy) is 2. The Morgan fingerprint density at radius 3 is 2.67 bits per heavy atom. The number of benzene rings is 2. The van der Waals surface area contributed by atoms with Crippen molar-refractivity contribution in [2.45, 2.75) is 43.2 Å². The topological polar surface area (TPSA) is 100 Å². The van der Waals surface area contributed by atoms with Crippen LogP contribution in [0, 0.1) is 0 Å². The zero-order valence-corrected chi connectivity index (χ0v) is 22.3. The van der Waals surface area contributed by atoms with Gasteiger partial charge in [0.1, 0.15) is 17.2 Å². The maximum Gasteiger partial charge on any atom is 0.451 e. The maximum atomic E-state index is 13.7. The Balaban J connectivity index is 1.23. The number of nitrogens with one attached hydrogen (secondary N) is 1. The summed E-state index contributed by atoms with van der Waals surface area (Å²) in [6.45, 7) is 1.72. The van der Waals surface area contributed by atoms with Crippen LogP contribution in [0.25, 0.3) is 10.9 Å². The third-order valence-electron chi connectivity index (χ3n) is 7.96. The highest BCUT2D eigenvalue weighted by molar-refractivity contribution is 6.30. The number of aromatic nitrogens is 2. The van der Waals surface area contributed by atoms with E-state index in [4.69, 9.17) is 16.3 Å². The Kier molecular flexibility index (Phi) is 6.67. The van der Waals surface area contributed by atoms with Crippen molar-refractivity contribution in [3.05, 3.63) is 52.8 Å². The van der Waals surface area contributed by atoms with Gasteiger partial charge < -0.3 is 19.5 Å². The molecule has 4 heterocycles. The highest BCUT2D eigenvalue weighted by Gasteiger charge is 2.46. The number of carbonyl (C=O) groups is 1. The first kappa shape index (κ1) is 26.9. The predicted molar refractivity (Wildman–Crippen MR) is 142 cm³/mol. The molecule has 0 bridgehead atoms. The summed E-state index contributed by atoms with van der Waals surface area (Å²) in [5, 5.41) is 14.5. The van der Waals surface area contributed by atoms with E-state index >= 15 is 0 Å². The average Bonchev–Trinajstić information content (AvgIpc) is 3.47. The first-order valence-corrected chi connectivity index (χ1v) is 13.3. The Hall–Kier alpha value is -3.35. The summed E-state index contributed by atoms with van der Waals surface area (Å²) in [5.74, 6) is -0.367. The van der Waals surface area contributed by atoms with Gasteiger partial charge >= 0.3 is 12.3 Å². The van der Waals surface area contributed by atoms with Gasteiger partial charge in [0.25, 0.3) is 0 Å². The molecule has 3 aliphatic heterocycles. The van der Waals surface area contributed by atoms with Gasteiger partial charge in [-0.2, -0.15) is 13.2 Å². The van der Waals surface area contributed by atoms with Crippen molar-refractivity contribution in [1.82, 2.24) is 14.9 Å². The summed E-state index contributed by atoms with van der Waals surface area (Å²) < 4.78 is 52.0. The molecule has 2 saturated heterocycles. The van der Waals surface area contributed by atoms with Crippen LogP contribution < -0.4 is 15.0 Å². The van der Waals surface area contributed by atoms with Gasteiger partial charge in [-0.05, 0) is 42.0 Å². The Bertz CT molecular complexity index is 1460. The minimum atomic E-state index is -4.76. The summed E-state index contributed by atoms with van der Waals surface area (Å²) >= 11 is 6.16. The molecule has 1 amide bonds. The fourth-order valence-electron chi connectivity index (χ4n) is 5.97. The molecule has 1 aromatic heterocycles. The number of aliphatic hydroxyl groups is 1. The van der Waals surface area contributed by atoms with Gasteiger partial charge in [0, 0.05) is 61.5 Å². The number of piperidine rings is 1. The highest BCUT2D eigenvalue weighted by Crippen LogP contribution is 2.43. The number of hydrogen-bond acceptors (Lipinski definition) is 8. The third kappa shape index (κ3) is 4.99. The number of hydrogen-bond donors (Lipinski definition) is 2. The quantitative estimate of drug-likeness (QED) is 0.469. The molecule has 1 spiro atoms. The second kappa shape index (κ2) is 9.93. The van der Waals surface area contributed by atoms with E-state index in [9.17, 15) is 23.1 Å². The van der Waals surface area contributed by atoms with Crippen LogP contribution in [0.2, 0.25) is 5.02 Å². The summed E-state index contributed by atoms with van der Waals surface area (Å²) in [4.78, 5) is 23.1. The summed E-state index contributed by atoms with van der Waals surface area (Å²) in [5.41, 5.74) is 1.16. The molecule has 2 N–H and O–H groups in total. The molecule has 0 aliphatic carbocycles. The average molecular weight is 578 g/mol. The second-order valence-electron chi connectivity index (χ2n) is 10.5. The van der Waals surface area contributed by atoms with Gasteiger partial charge in [0.15, 0.2) is 0 Å². The largest absolute Gasteiger partial charge is 0.487 e. The van der Waals surface area contributed by atoms with Crippen LogP contribution in [0.3, 0.4) is 0 Å². The Morgan fingerprint density at radius 2 is 1.95 bits per heavy atom. The molecule has 6 rings (SSSR count). The summed E-state index contributed by atoms with van der Waals surface area (Å²) in [7, 11) is 1.21. The van der Waals surface area contributed by atoms with Crippen molar-refractivity contribution in [2.75, 3.05) is 43.5 Å². The van der Waals surface area contributed by atoms with Crippen molar-refractivity contribution in [2.24, 2.45) is 0 Å². The number of nitrogens with zero attached hydrogens (tertiary/aromatic N) is 4. The number of methoxy groups -OCH3 is 1. The Morgan fingerprint density at radius 1 is 1.18 bits per heavy atom. The van der Waals surface area contributed by atoms with Gasteiger partial charge in [0.05, 0.1) is 24.8 Å². The molecule has 3 aromatic rings. The lowest BCUT2D eigenvalue weighted by Gasteiger charge is -2.41. The number of amides is 1. The smallest absolute Gasteiger partial charge is 0.451 e. The number of likely N-dealkylation sites (tertiary alicyclic amines) is 1. The molecule has 3 aliphatic rings. The molecule has 40 heavy (non-hydrogen) atoms. The van der Waals surface area contributed by atoms with Crippen LogP contribution in [-0.2, 0) is 17.3 Å². The number of β-amino-alcohol motifs (C(OH)–C–C–N with tert-alkyl or cyclic N) is 1. The molecule has 13 heteroatoms. The van der Waals surface area contributed by atoms with Gasteiger partial charge in [-0.25, -0.2) is 14.8 Å². The molecule has 2 fully saturated rings. The number of alkyl halides is 3. The number of anilines is 2. The van der Waals surface area contributed by atoms with E-state index in [-0.39, 0.29) is 36.1 Å². The molecule has 2 aromatic carbocycles. The van der Waals surface area contributed by atoms with Crippen LogP contribution in [0.1, 0.15) is 24.2 Å². The van der Waals surface area contributed by atoms with Crippen LogP contribution in [0.5, 0.6) is 5.75 Å². The van der Waals surface area contributed by atoms with E-state index in [2.05, 4.69) is 24.9 Å². The fourth-order valence-corrected chi connectivity index (χ4v) is 6.17. The Labute approximate surface area is 232 Å². The lowest BCUT2D eigenvalue weighted by Crippen LogP contribution is -2.53. The first-order valence-electron chi connectivity index (χ1n) is 12.9. The summed E-state index contributed by atoms with van der Waals surface area (Å²) in [6.07, 6.45) is -4.01. The molecule has 0 saturated carbocycles. The van der Waals surface area contributed by atoms with E-state index < -0.39 is 24.2 Å². The standard InChI is InChI=1S/C27H27ClF3N5O4/c1-39-25(38)32-17-3-4-19-18(11-17)23(34-24(33-19)27(29,30)31)36-13-20(21(37)14-36)35-8-6-26(7-9-35)12-15-10-16(28)2-5-22(15)40-26/h2-5,10-11,20-21,37H,6-9,12-14H2,1H3,(H,32,38)/t20?,21-/m1/s1. The van der Waals surface area contributed by atoms with Gasteiger partial charge in [-0.15, -0.1) is 0 Å². The van der Waals surface area contributed by atoms with Gasteiger partial charge in [0.2, 0.25) is 5.82 Å². The third-order valence-corrected chi connectivity index (χ3v) is 8.19. The zero-order chi connectivity index (χ0) is 28.2. The second-order valence-corrected chi connectivity index (χ2v) is 10.9. The minimum Gasteiger partial charge on any atom is -0.487 e. The van der Waals surface area contributed by atoms with Gasteiger partial charge in [-0.1, -0.05) is 11.6 Å². The molecule has 9 nitrogen and oxygen atoms in total. The molecule has 1 unspecified atom stereocenters.